The number of aromatic nitrogens is 1. The molecule has 3 fully saturated rings. The maximum atomic E-state index is 5.73. The predicted octanol–water partition coefficient (Wildman–Crippen LogP) is 7.16. The number of hydrogen-bond acceptors (Lipinski definition) is 2. The summed E-state index contributed by atoms with van der Waals surface area (Å²) in [4.78, 5) is 0. The van der Waals surface area contributed by atoms with Crippen LogP contribution >= 0.6 is 0 Å². The van der Waals surface area contributed by atoms with E-state index in [4.69, 9.17) is 5.73 Å². The largest absolute Gasteiger partial charge is 0.344 e. The fourth-order valence-electron chi connectivity index (χ4n) is 7.04. The Morgan fingerprint density at radius 2 is 1.59 bits per heavy atom. The van der Waals surface area contributed by atoms with E-state index in [-0.39, 0.29) is 0 Å². The maximum Gasteiger partial charge on any atom is 0.0486 e. The lowest BCUT2D eigenvalue weighted by Crippen LogP contribution is -2.34. The van der Waals surface area contributed by atoms with Crippen molar-refractivity contribution in [1.82, 2.24) is 9.88 Å². The fraction of sp³-hybridized carbons (Fsp3) is 0.724. The van der Waals surface area contributed by atoms with Crippen LogP contribution in [0.25, 0.3) is 10.9 Å². The lowest BCUT2D eigenvalue weighted by atomic mass is 9.80. The van der Waals surface area contributed by atoms with Crippen LogP contribution in [0.5, 0.6) is 0 Å². The predicted molar refractivity (Wildman–Crippen MR) is 137 cm³/mol. The second kappa shape index (κ2) is 10.7. The van der Waals surface area contributed by atoms with Crippen LogP contribution < -0.4 is 11.1 Å². The first kappa shape index (κ1) is 22.5. The second-order valence-electron chi connectivity index (χ2n) is 11.1. The summed E-state index contributed by atoms with van der Waals surface area (Å²) in [7, 11) is 0. The minimum absolute atomic E-state index is 0.662. The van der Waals surface area contributed by atoms with Gasteiger partial charge in [-0.05, 0) is 99.6 Å². The number of rotatable bonds is 7. The van der Waals surface area contributed by atoms with Gasteiger partial charge in [0.2, 0.25) is 0 Å². The van der Waals surface area contributed by atoms with Crippen molar-refractivity contribution in [2.24, 2.45) is 5.73 Å². The molecule has 3 heteroatoms. The molecule has 0 aliphatic heterocycles. The Labute approximate surface area is 195 Å². The minimum Gasteiger partial charge on any atom is -0.344 e. The summed E-state index contributed by atoms with van der Waals surface area (Å²) in [5.41, 5.74) is 10.5. The van der Waals surface area contributed by atoms with Crippen molar-refractivity contribution in [3.05, 3.63) is 35.5 Å². The molecule has 0 amide bonds. The Morgan fingerprint density at radius 1 is 0.844 bits per heavy atom. The van der Waals surface area contributed by atoms with Crippen LogP contribution in [0.2, 0.25) is 0 Å². The summed E-state index contributed by atoms with van der Waals surface area (Å²) < 4.78 is 2.71. The first-order valence-corrected chi connectivity index (χ1v) is 13.9. The monoisotopic (exact) mass is 435 g/mol. The van der Waals surface area contributed by atoms with Crippen molar-refractivity contribution in [2.45, 2.75) is 120 Å². The lowest BCUT2D eigenvalue weighted by Gasteiger charge is -2.30. The zero-order valence-corrected chi connectivity index (χ0v) is 20.2. The average molecular weight is 436 g/mol. The molecule has 3 nitrogen and oxygen atoms in total. The van der Waals surface area contributed by atoms with Crippen LogP contribution in [0.3, 0.4) is 0 Å². The van der Waals surface area contributed by atoms with Gasteiger partial charge in [-0.3, -0.25) is 0 Å². The van der Waals surface area contributed by atoms with E-state index in [1.165, 1.54) is 95.4 Å². The summed E-state index contributed by atoms with van der Waals surface area (Å²) in [5, 5.41) is 5.41. The fourth-order valence-corrected chi connectivity index (χ4v) is 7.04. The maximum absolute atomic E-state index is 5.73. The molecule has 3 aliphatic rings. The number of hydrogen-bond donors (Lipinski definition) is 2. The molecule has 0 radical (unpaired) electrons. The lowest BCUT2D eigenvalue weighted by molar-refractivity contribution is 0.337. The Hall–Kier alpha value is -1.32. The molecule has 32 heavy (non-hydrogen) atoms. The van der Waals surface area contributed by atoms with Gasteiger partial charge in [0.25, 0.3) is 0 Å². The van der Waals surface area contributed by atoms with Crippen LogP contribution in [0.4, 0.5) is 0 Å². The normalized spacial score (nSPS) is 26.0. The summed E-state index contributed by atoms with van der Waals surface area (Å²) in [5.74, 6) is 1.49. The quantitative estimate of drug-likeness (QED) is 0.453. The van der Waals surface area contributed by atoms with Gasteiger partial charge in [0.05, 0.1) is 0 Å². The van der Waals surface area contributed by atoms with Crippen LogP contribution in [0.15, 0.2) is 24.4 Å². The van der Waals surface area contributed by atoms with Crippen molar-refractivity contribution in [2.75, 3.05) is 13.1 Å². The molecule has 3 saturated carbocycles. The van der Waals surface area contributed by atoms with Gasteiger partial charge >= 0.3 is 0 Å². The molecule has 1 aromatic heterocycles. The first-order valence-electron chi connectivity index (χ1n) is 13.9. The first-order chi connectivity index (χ1) is 15.8. The standard InChI is InChI=1S/C29H45N3/c30-17-8-18-31-25-12-7-11-24(19-25)28-21-32(26-13-5-2-6-14-26)29-16-15-23(20-27(28)29)22-9-3-1-4-10-22/h15-16,20-22,24-26,31H,1-14,17-19,30H2. The Morgan fingerprint density at radius 3 is 2.38 bits per heavy atom. The molecule has 0 bridgehead atoms. The van der Waals surface area contributed by atoms with Gasteiger partial charge in [0.15, 0.2) is 0 Å². The summed E-state index contributed by atoms with van der Waals surface area (Å²) >= 11 is 0. The summed E-state index contributed by atoms with van der Waals surface area (Å²) in [6.07, 6.45) is 23.0. The SMILES string of the molecule is NCCCNC1CCCC(c2cn(C3CCCCC3)c3ccc(C4CCCCC4)cc23)C1. The zero-order chi connectivity index (χ0) is 21.8. The highest BCUT2D eigenvalue weighted by atomic mass is 15.0. The van der Waals surface area contributed by atoms with E-state index in [0.717, 1.165) is 25.4 Å². The Kier molecular flexibility index (Phi) is 7.54. The molecule has 1 heterocycles. The highest BCUT2D eigenvalue weighted by Crippen LogP contribution is 2.42. The van der Waals surface area contributed by atoms with E-state index in [2.05, 4.69) is 34.3 Å². The highest BCUT2D eigenvalue weighted by molar-refractivity contribution is 5.85. The van der Waals surface area contributed by atoms with E-state index in [9.17, 15) is 0 Å². The zero-order valence-electron chi connectivity index (χ0n) is 20.2. The van der Waals surface area contributed by atoms with Gasteiger partial charge < -0.3 is 15.6 Å². The van der Waals surface area contributed by atoms with Gasteiger partial charge in [-0.2, -0.15) is 0 Å². The van der Waals surface area contributed by atoms with Crippen molar-refractivity contribution in [3.63, 3.8) is 0 Å². The number of benzene rings is 1. The van der Waals surface area contributed by atoms with E-state index in [1.807, 2.05) is 0 Å². The van der Waals surface area contributed by atoms with Gasteiger partial charge in [-0.15, -0.1) is 0 Å². The topological polar surface area (TPSA) is 43.0 Å². The second-order valence-corrected chi connectivity index (χ2v) is 11.1. The van der Waals surface area contributed by atoms with Crippen LogP contribution in [-0.2, 0) is 0 Å². The summed E-state index contributed by atoms with van der Waals surface area (Å²) in [6.45, 7) is 1.87. The average Bonchev–Trinajstić information content (AvgIpc) is 3.24. The molecular weight excluding hydrogens is 390 g/mol. The van der Waals surface area contributed by atoms with Crippen molar-refractivity contribution < 1.29 is 0 Å². The molecule has 2 atom stereocenters. The molecule has 5 rings (SSSR count). The van der Waals surface area contributed by atoms with Gasteiger partial charge in [-0.25, -0.2) is 0 Å². The number of nitrogens with two attached hydrogens (primary N) is 1. The van der Waals surface area contributed by atoms with Crippen molar-refractivity contribution >= 4 is 10.9 Å². The summed E-state index contributed by atoms with van der Waals surface area (Å²) in [6, 6.07) is 8.99. The van der Waals surface area contributed by atoms with Gasteiger partial charge in [0, 0.05) is 29.2 Å². The molecule has 1 aromatic carbocycles. The number of fused-ring (bicyclic) bond motifs is 1. The van der Waals surface area contributed by atoms with Crippen LogP contribution in [0, 0.1) is 0 Å². The Balaban J connectivity index is 1.46. The third-order valence-electron chi connectivity index (χ3n) is 8.86. The molecule has 0 spiro atoms. The number of nitrogens with one attached hydrogen (secondary N) is 1. The van der Waals surface area contributed by atoms with Crippen LogP contribution in [0.1, 0.15) is 125 Å². The van der Waals surface area contributed by atoms with E-state index >= 15 is 0 Å². The van der Waals surface area contributed by atoms with E-state index < -0.39 is 0 Å². The molecule has 3 aliphatic carbocycles. The smallest absolute Gasteiger partial charge is 0.0486 e. The van der Waals surface area contributed by atoms with Crippen molar-refractivity contribution in [3.8, 4) is 0 Å². The van der Waals surface area contributed by atoms with Crippen LogP contribution in [-0.4, -0.2) is 23.7 Å². The third-order valence-corrected chi connectivity index (χ3v) is 8.86. The van der Waals surface area contributed by atoms with Gasteiger partial charge in [0.1, 0.15) is 0 Å². The molecule has 2 aromatic rings. The minimum atomic E-state index is 0.662. The third kappa shape index (κ3) is 4.94. The van der Waals surface area contributed by atoms with Gasteiger partial charge in [-0.1, -0.05) is 51.0 Å². The van der Waals surface area contributed by atoms with E-state index in [1.54, 1.807) is 16.5 Å². The molecule has 2 unspecified atom stereocenters. The Bertz CT molecular complexity index is 857. The van der Waals surface area contributed by atoms with E-state index in [0.29, 0.717) is 18.0 Å². The molecule has 3 N–H and O–H groups in total. The number of nitrogens with zero attached hydrogens (tertiary/aromatic N) is 1. The van der Waals surface area contributed by atoms with Crippen molar-refractivity contribution in [1.29, 1.82) is 0 Å². The highest BCUT2D eigenvalue weighted by Gasteiger charge is 2.28. The molecular formula is C29H45N3. The molecule has 176 valence electrons. The molecule has 0 saturated heterocycles.